The van der Waals surface area contributed by atoms with Gasteiger partial charge in [-0.25, -0.2) is 23.1 Å². The SMILES string of the molecule is [2H]C1([2H])OCC[C@@H]1n1c(Nc2c(F)cc(F)cc2F)nc2cnc(NC3CCC(O)CC3)nc21. The van der Waals surface area contributed by atoms with E-state index in [0.29, 0.717) is 30.9 Å². The Labute approximate surface area is 184 Å². The number of hydrogen-bond acceptors (Lipinski definition) is 7. The van der Waals surface area contributed by atoms with Crippen molar-refractivity contribution >= 4 is 28.7 Å². The summed E-state index contributed by atoms with van der Waals surface area (Å²) in [7, 11) is 0. The minimum absolute atomic E-state index is 0.0680. The molecular weight excluding hydrogens is 425 g/mol. The van der Waals surface area contributed by atoms with E-state index in [-0.39, 0.29) is 42.3 Å². The first kappa shape index (κ1) is 18.6. The van der Waals surface area contributed by atoms with Crippen LogP contribution in [0, 0.1) is 17.5 Å². The van der Waals surface area contributed by atoms with Crippen LogP contribution in [0.4, 0.5) is 30.8 Å². The highest BCUT2D eigenvalue weighted by atomic mass is 19.1. The van der Waals surface area contributed by atoms with Gasteiger partial charge in [0.15, 0.2) is 17.3 Å². The van der Waals surface area contributed by atoms with Crippen LogP contribution in [0.3, 0.4) is 0 Å². The lowest BCUT2D eigenvalue weighted by atomic mass is 9.93. The Morgan fingerprint density at radius 1 is 1.09 bits per heavy atom. The van der Waals surface area contributed by atoms with Crippen LogP contribution in [0.5, 0.6) is 0 Å². The highest BCUT2D eigenvalue weighted by molar-refractivity contribution is 5.76. The summed E-state index contributed by atoms with van der Waals surface area (Å²) in [4.78, 5) is 13.1. The van der Waals surface area contributed by atoms with E-state index in [4.69, 9.17) is 7.48 Å². The number of aromatic nitrogens is 4. The van der Waals surface area contributed by atoms with Crippen molar-refractivity contribution in [2.75, 3.05) is 23.8 Å². The normalized spacial score (nSPS) is 26.1. The van der Waals surface area contributed by atoms with Gasteiger partial charge in [-0.05, 0) is 32.1 Å². The number of aliphatic hydroxyl groups is 1. The van der Waals surface area contributed by atoms with Crippen LogP contribution < -0.4 is 10.6 Å². The summed E-state index contributed by atoms with van der Waals surface area (Å²) in [6, 6.07) is 0.260. The van der Waals surface area contributed by atoms with E-state index in [1.165, 1.54) is 10.8 Å². The average Bonchev–Trinajstić information content (AvgIpc) is 3.30. The van der Waals surface area contributed by atoms with Crippen LogP contribution in [0.25, 0.3) is 11.2 Å². The van der Waals surface area contributed by atoms with Crippen molar-refractivity contribution in [2.45, 2.75) is 50.3 Å². The Kier molecular flexibility index (Phi) is 4.98. The number of anilines is 3. The molecule has 11 heteroatoms. The molecule has 8 nitrogen and oxygen atoms in total. The monoisotopic (exact) mass is 450 g/mol. The zero-order valence-electron chi connectivity index (χ0n) is 19.0. The van der Waals surface area contributed by atoms with Crippen LogP contribution >= 0.6 is 0 Å². The van der Waals surface area contributed by atoms with Gasteiger partial charge in [0.2, 0.25) is 11.9 Å². The van der Waals surface area contributed by atoms with E-state index < -0.39 is 35.7 Å². The number of imidazole rings is 1. The van der Waals surface area contributed by atoms with Gasteiger partial charge in [0.1, 0.15) is 17.0 Å². The zero-order valence-corrected chi connectivity index (χ0v) is 17.0. The molecule has 1 aliphatic carbocycles. The predicted molar refractivity (Wildman–Crippen MR) is 111 cm³/mol. The summed E-state index contributed by atoms with van der Waals surface area (Å²) in [6.07, 6.45) is 4.23. The van der Waals surface area contributed by atoms with Crippen LogP contribution in [-0.4, -0.2) is 49.9 Å². The van der Waals surface area contributed by atoms with Crippen LogP contribution in [0.15, 0.2) is 18.3 Å². The number of halogens is 3. The first-order chi connectivity index (χ1) is 16.2. The fourth-order valence-electron chi connectivity index (χ4n) is 4.09. The molecule has 1 saturated heterocycles. The second kappa shape index (κ2) is 8.55. The largest absolute Gasteiger partial charge is 0.393 e. The number of fused-ring (bicyclic) bond motifs is 1. The maximum Gasteiger partial charge on any atom is 0.224 e. The average molecular weight is 450 g/mol. The van der Waals surface area contributed by atoms with E-state index >= 15 is 0 Å². The molecule has 1 saturated carbocycles. The third-order valence-corrected chi connectivity index (χ3v) is 5.73. The van der Waals surface area contributed by atoms with Crippen molar-refractivity contribution in [3.05, 3.63) is 35.8 Å². The summed E-state index contributed by atoms with van der Waals surface area (Å²) in [5, 5.41) is 15.5. The summed E-state index contributed by atoms with van der Waals surface area (Å²) in [5.74, 6) is -3.16. The van der Waals surface area contributed by atoms with Crippen molar-refractivity contribution in [1.29, 1.82) is 0 Å². The minimum atomic E-state index is -2.08. The number of benzene rings is 1. The van der Waals surface area contributed by atoms with E-state index in [9.17, 15) is 18.3 Å². The fraction of sp³-hybridized carbons (Fsp3) is 0.476. The van der Waals surface area contributed by atoms with E-state index in [0.717, 1.165) is 12.8 Å². The first-order valence-electron chi connectivity index (χ1n) is 11.5. The Hall–Kier alpha value is -2.92. The quantitative estimate of drug-likeness (QED) is 0.546. The number of nitrogens with one attached hydrogen (secondary N) is 2. The van der Waals surface area contributed by atoms with Gasteiger partial charge in [-0.2, -0.15) is 4.98 Å². The molecule has 2 aliphatic rings. The molecule has 2 aromatic heterocycles. The van der Waals surface area contributed by atoms with E-state index in [2.05, 4.69) is 25.6 Å². The van der Waals surface area contributed by atoms with Gasteiger partial charge in [-0.1, -0.05) is 0 Å². The summed E-state index contributed by atoms with van der Waals surface area (Å²) >= 11 is 0. The molecule has 1 aromatic carbocycles. The summed E-state index contributed by atoms with van der Waals surface area (Å²) in [5.41, 5.74) is -0.0969. The molecule has 32 heavy (non-hydrogen) atoms. The fourth-order valence-corrected chi connectivity index (χ4v) is 4.09. The molecule has 3 heterocycles. The van der Waals surface area contributed by atoms with Crippen molar-refractivity contribution in [3.63, 3.8) is 0 Å². The number of aliphatic hydroxyl groups excluding tert-OH is 1. The van der Waals surface area contributed by atoms with Gasteiger partial charge >= 0.3 is 0 Å². The van der Waals surface area contributed by atoms with Gasteiger partial charge in [0, 0.05) is 24.8 Å². The molecule has 1 aliphatic heterocycles. The lowest BCUT2D eigenvalue weighted by molar-refractivity contribution is 0.126. The van der Waals surface area contributed by atoms with Crippen molar-refractivity contribution < 1.29 is 25.8 Å². The first-order valence-corrected chi connectivity index (χ1v) is 10.5. The van der Waals surface area contributed by atoms with E-state index in [1.807, 2.05) is 0 Å². The van der Waals surface area contributed by atoms with Gasteiger partial charge in [0.25, 0.3) is 0 Å². The van der Waals surface area contributed by atoms with Crippen LogP contribution in [-0.2, 0) is 4.74 Å². The molecule has 3 aromatic rings. The number of rotatable bonds is 5. The highest BCUT2D eigenvalue weighted by Crippen LogP contribution is 2.32. The molecule has 0 radical (unpaired) electrons. The molecule has 0 spiro atoms. The van der Waals surface area contributed by atoms with Crippen LogP contribution in [0.1, 0.15) is 40.9 Å². The molecule has 170 valence electrons. The molecule has 0 amide bonds. The summed E-state index contributed by atoms with van der Waals surface area (Å²) in [6.45, 7) is -1.95. The van der Waals surface area contributed by atoms with Gasteiger partial charge in [-0.15, -0.1) is 0 Å². The maximum absolute atomic E-state index is 14.3. The molecule has 3 N–H and O–H groups in total. The second-order valence-electron chi connectivity index (χ2n) is 8.00. The minimum Gasteiger partial charge on any atom is -0.393 e. The predicted octanol–water partition coefficient (Wildman–Crippen LogP) is 3.66. The number of hydrogen-bond donors (Lipinski definition) is 3. The standard InChI is InChI=1S/C21H23F3N6O2/c22-11-7-15(23)18(16(24)8-11)28-21-27-17-9-25-20(26-12-1-3-14(31)4-2-12)29-19(17)30(21)13-5-6-32-10-13/h7-9,12-14,31H,1-6,10H2,(H,27,28)(H,25,26,29)/t12?,13-,14?/m0/s1/i10D2. The Balaban J connectivity index is 1.56. The molecule has 0 unspecified atom stereocenters. The third-order valence-electron chi connectivity index (χ3n) is 5.73. The third kappa shape index (κ3) is 4.09. The second-order valence-corrected chi connectivity index (χ2v) is 8.00. The topological polar surface area (TPSA) is 97.1 Å². The zero-order chi connectivity index (χ0) is 24.0. The van der Waals surface area contributed by atoms with Gasteiger partial charge in [-0.3, -0.25) is 4.57 Å². The summed E-state index contributed by atoms with van der Waals surface area (Å²) < 4.78 is 65.2. The lowest BCUT2D eigenvalue weighted by Gasteiger charge is -2.26. The molecule has 1 atom stereocenters. The Morgan fingerprint density at radius 3 is 2.53 bits per heavy atom. The van der Waals surface area contributed by atoms with Crippen molar-refractivity contribution in [1.82, 2.24) is 19.5 Å². The highest BCUT2D eigenvalue weighted by Gasteiger charge is 2.27. The van der Waals surface area contributed by atoms with Gasteiger partial charge in [0.05, 0.1) is 27.6 Å². The molecule has 5 rings (SSSR count). The molecule has 2 fully saturated rings. The van der Waals surface area contributed by atoms with Gasteiger partial charge < -0.3 is 20.5 Å². The van der Waals surface area contributed by atoms with E-state index in [1.54, 1.807) is 0 Å². The van der Waals surface area contributed by atoms with Crippen molar-refractivity contribution in [3.8, 4) is 0 Å². The number of ether oxygens (including phenoxy) is 1. The molecular formula is C21H23F3N6O2. The maximum atomic E-state index is 14.3. The van der Waals surface area contributed by atoms with Crippen LogP contribution in [0.2, 0.25) is 0 Å². The Bertz CT molecular complexity index is 1200. The number of nitrogens with zero attached hydrogens (tertiary/aromatic N) is 4. The lowest BCUT2D eigenvalue weighted by Crippen LogP contribution is -2.29. The van der Waals surface area contributed by atoms with Crippen molar-refractivity contribution in [2.24, 2.45) is 0 Å². The smallest absolute Gasteiger partial charge is 0.224 e. The molecule has 0 bridgehead atoms. The Morgan fingerprint density at radius 2 is 1.84 bits per heavy atom.